The Morgan fingerprint density at radius 2 is 1.95 bits per heavy atom. The van der Waals surface area contributed by atoms with E-state index in [-0.39, 0.29) is 12.8 Å². The summed E-state index contributed by atoms with van der Waals surface area (Å²) >= 11 is 0. The van der Waals surface area contributed by atoms with Gasteiger partial charge in [-0.25, -0.2) is 4.79 Å². The molecule has 0 saturated carbocycles. The quantitative estimate of drug-likeness (QED) is 0.613. The Kier molecular flexibility index (Phi) is 6.37. The molecule has 0 radical (unpaired) electrons. The zero-order valence-electron chi connectivity index (χ0n) is 12.2. The van der Waals surface area contributed by atoms with E-state index in [9.17, 15) is 4.79 Å². The van der Waals surface area contributed by atoms with E-state index in [1.807, 2.05) is 32.0 Å². The van der Waals surface area contributed by atoms with Gasteiger partial charge in [-0.15, -0.1) is 13.2 Å². The molecule has 2 amide bonds. The highest BCUT2D eigenvalue weighted by Gasteiger charge is 2.09. The predicted octanol–water partition coefficient (Wildman–Crippen LogP) is 3.02. The van der Waals surface area contributed by atoms with Crippen LogP contribution in [0.3, 0.4) is 0 Å². The van der Waals surface area contributed by atoms with E-state index in [0.717, 1.165) is 11.3 Å². The Bertz CT molecular complexity index is 473. The lowest BCUT2D eigenvalue weighted by molar-refractivity contribution is 0.193. The standard InChI is InChI=1S/C16H22N2O2/c1-5-9-18(10-6-2)16(19)17-12-20-15-8-7-13(3)11-14(15)4/h5-8,11H,1-2,9-10,12H2,3-4H3,(H,17,19). The molecule has 0 heterocycles. The average Bonchev–Trinajstić information content (AvgIpc) is 2.41. The van der Waals surface area contributed by atoms with E-state index < -0.39 is 0 Å². The third-order valence-corrected chi connectivity index (χ3v) is 2.77. The van der Waals surface area contributed by atoms with Crippen LogP contribution in [0.25, 0.3) is 0 Å². The van der Waals surface area contributed by atoms with Crippen LogP contribution >= 0.6 is 0 Å². The van der Waals surface area contributed by atoms with Gasteiger partial charge < -0.3 is 15.0 Å². The molecular weight excluding hydrogens is 252 g/mol. The van der Waals surface area contributed by atoms with Crippen LogP contribution in [0.5, 0.6) is 5.75 Å². The number of hydrogen-bond donors (Lipinski definition) is 1. The largest absolute Gasteiger partial charge is 0.473 e. The first-order chi connectivity index (χ1) is 9.58. The molecule has 0 unspecified atom stereocenters. The molecule has 0 bridgehead atoms. The molecule has 4 nitrogen and oxygen atoms in total. The zero-order valence-corrected chi connectivity index (χ0v) is 12.2. The highest BCUT2D eigenvalue weighted by Crippen LogP contribution is 2.18. The van der Waals surface area contributed by atoms with Crippen LogP contribution in [-0.2, 0) is 0 Å². The van der Waals surface area contributed by atoms with Crippen LogP contribution in [0.4, 0.5) is 4.79 Å². The summed E-state index contributed by atoms with van der Waals surface area (Å²) in [5.74, 6) is 0.773. The van der Waals surface area contributed by atoms with Crippen LogP contribution in [0.2, 0.25) is 0 Å². The zero-order chi connectivity index (χ0) is 15.0. The second-order valence-corrected chi connectivity index (χ2v) is 4.52. The molecule has 1 rings (SSSR count). The maximum absolute atomic E-state index is 11.9. The average molecular weight is 274 g/mol. The maximum Gasteiger partial charge on any atom is 0.320 e. The molecule has 20 heavy (non-hydrogen) atoms. The van der Waals surface area contributed by atoms with E-state index in [4.69, 9.17) is 4.74 Å². The number of rotatable bonds is 7. The number of hydrogen-bond acceptors (Lipinski definition) is 2. The minimum atomic E-state index is -0.199. The van der Waals surface area contributed by atoms with E-state index in [1.54, 1.807) is 17.1 Å². The molecule has 0 fully saturated rings. The lowest BCUT2D eigenvalue weighted by Gasteiger charge is -2.20. The summed E-state index contributed by atoms with van der Waals surface area (Å²) in [5.41, 5.74) is 2.23. The molecule has 4 heteroatoms. The normalized spacial score (nSPS) is 9.70. The van der Waals surface area contributed by atoms with E-state index >= 15 is 0 Å². The molecule has 0 aliphatic carbocycles. The Hall–Kier alpha value is -2.23. The first kappa shape index (κ1) is 15.8. The summed E-state index contributed by atoms with van der Waals surface area (Å²) in [5, 5.41) is 2.71. The number of nitrogens with one attached hydrogen (secondary N) is 1. The molecule has 108 valence electrons. The molecule has 1 N–H and O–H groups in total. The minimum Gasteiger partial charge on any atom is -0.473 e. The number of carbonyl (C=O) groups excluding carboxylic acids is 1. The van der Waals surface area contributed by atoms with Crippen LogP contribution in [0.15, 0.2) is 43.5 Å². The molecule has 0 aliphatic heterocycles. The SMILES string of the molecule is C=CCN(CC=C)C(=O)NCOc1ccc(C)cc1C. The second kappa shape index (κ2) is 8.04. The summed E-state index contributed by atoms with van der Waals surface area (Å²) in [6.07, 6.45) is 3.35. The van der Waals surface area contributed by atoms with Crippen molar-refractivity contribution in [1.29, 1.82) is 0 Å². The van der Waals surface area contributed by atoms with Crippen LogP contribution in [-0.4, -0.2) is 30.8 Å². The van der Waals surface area contributed by atoms with E-state index in [1.165, 1.54) is 5.56 Å². The fourth-order valence-electron chi connectivity index (χ4n) is 1.80. The number of amides is 2. The highest BCUT2D eigenvalue weighted by atomic mass is 16.5. The van der Waals surface area contributed by atoms with Crippen molar-refractivity contribution in [2.24, 2.45) is 0 Å². The van der Waals surface area contributed by atoms with Crippen LogP contribution < -0.4 is 10.1 Å². The second-order valence-electron chi connectivity index (χ2n) is 4.52. The fraction of sp³-hybridized carbons (Fsp3) is 0.312. The van der Waals surface area contributed by atoms with Crippen molar-refractivity contribution in [3.8, 4) is 5.75 Å². The van der Waals surface area contributed by atoms with Crippen molar-refractivity contribution < 1.29 is 9.53 Å². The topological polar surface area (TPSA) is 41.6 Å². The van der Waals surface area contributed by atoms with Gasteiger partial charge in [0.25, 0.3) is 0 Å². The van der Waals surface area contributed by atoms with Crippen molar-refractivity contribution in [2.75, 3.05) is 19.8 Å². The molecule has 0 aliphatic rings. The molecule has 0 atom stereocenters. The van der Waals surface area contributed by atoms with Crippen molar-refractivity contribution in [1.82, 2.24) is 10.2 Å². The monoisotopic (exact) mass is 274 g/mol. The van der Waals surface area contributed by atoms with E-state index in [2.05, 4.69) is 18.5 Å². The molecule has 0 aromatic heterocycles. The minimum absolute atomic E-state index is 0.132. The third-order valence-electron chi connectivity index (χ3n) is 2.77. The van der Waals surface area contributed by atoms with Gasteiger partial charge in [-0.3, -0.25) is 0 Å². The third kappa shape index (κ3) is 4.80. The van der Waals surface area contributed by atoms with Crippen molar-refractivity contribution in [2.45, 2.75) is 13.8 Å². The van der Waals surface area contributed by atoms with Gasteiger partial charge >= 0.3 is 6.03 Å². The number of urea groups is 1. The summed E-state index contributed by atoms with van der Waals surface area (Å²) < 4.78 is 5.56. The summed E-state index contributed by atoms with van der Waals surface area (Å²) in [7, 11) is 0. The summed E-state index contributed by atoms with van der Waals surface area (Å²) in [6.45, 7) is 12.3. The van der Waals surface area contributed by atoms with Gasteiger partial charge in [-0.05, 0) is 25.5 Å². The van der Waals surface area contributed by atoms with Gasteiger partial charge in [0.1, 0.15) is 5.75 Å². The van der Waals surface area contributed by atoms with Gasteiger partial charge in [0.15, 0.2) is 6.73 Å². The highest BCUT2D eigenvalue weighted by molar-refractivity contribution is 5.74. The Morgan fingerprint density at radius 3 is 2.50 bits per heavy atom. The van der Waals surface area contributed by atoms with Crippen molar-refractivity contribution >= 4 is 6.03 Å². The summed E-state index contributed by atoms with van der Waals surface area (Å²) in [4.78, 5) is 13.5. The number of carbonyl (C=O) groups is 1. The first-order valence-corrected chi connectivity index (χ1v) is 6.53. The fourth-order valence-corrected chi connectivity index (χ4v) is 1.80. The maximum atomic E-state index is 11.9. The van der Waals surface area contributed by atoms with Gasteiger partial charge in [-0.2, -0.15) is 0 Å². The van der Waals surface area contributed by atoms with Gasteiger partial charge in [0.05, 0.1) is 0 Å². The van der Waals surface area contributed by atoms with Gasteiger partial charge in [0, 0.05) is 13.1 Å². The van der Waals surface area contributed by atoms with Gasteiger partial charge in [-0.1, -0.05) is 29.8 Å². The number of ether oxygens (including phenoxy) is 1. The lowest BCUT2D eigenvalue weighted by Crippen LogP contribution is -2.41. The van der Waals surface area contributed by atoms with Crippen molar-refractivity contribution in [3.05, 3.63) is 54.6 Å². The Morgan fingerprint density at radius 1 is 1.30 bits per heavy atom. The molecule has 0 spiro atoms. The molecular formula is C16H22N2O2. The van der Waals surface area contributed by atoms with Crippen LogP contribution in [0.1, 0.15) is 11.1 Å². The molecule has 0 saturated heterocycles. The first-order valence-electron chi connectivity index (χ1n) is 6.53. The lowest BCUT2D eigenvalue weighted by atomic mass is 10.1. The number of benzene rings is 1. The predicted molar refractivity (Wildman–Crippen MR) is 81.9 cm³/mol. The number of aryl methyl sites for hydroxylation is 2. The van der Waals surface area contributed by atoms with Gasteiger partial charge in [0.2, 0.25) is 0 Å². The number of nitrogens with zero attached hydrogens (tertiary/aromatic N) is 1. The van der Waals surface area contributed by atoms with E-state index in [0.29, 0.717) is 13.1 Å². The molecule has 1 aromatic rings. The Labute approximate surface area is 120 Å². The molecule has 1 aromatic carbocycles. The summed E-state index contributed by atoms with van der Waals surface area (Å²) in [6, 6.07) is 5.72. The van der Waals surface area contributed by atoms with Crippen molar-refractivity contribution in [3.63, 3.8) is 0 Å². The van der Waals surface area contributed by atoms with Crippen LogP contribution in [0, 0.1) is 13.8 Å². The smallest absolute Gasteiger partial charge is 0.320 e. The Balaban J connectivity index is 2.48.